The monoisotopic (exact) mass is 426 g/mol. The van der Waals surface area contributed by atoms with Crippen LogP contribution in [0.1, 0.15) is 26.7 Å². The third-order valence-corrected chi connectivity index (χ3v) is 6.60. The van der Waals surface area contributed by atoms with Crippen LogP contribution in [0.15, 0.2) is 27.6 Å². The van der Waals surface area contributed by atoms with Gasteiger partial charge in [-0.3, -0.25) is 0 Å². The minimum atomic E-state index is -3.46. The molecule has 2 rings (SSSR count). The fourth-order valence-corrected chi connectivity index (χ4v) is 4.85. The number of nitrogens with zero attached hydrogens (tertiary/aromatic N) is 1. The number of ether oxygens (including phenoxy) is 1. The third-order valence-electron chi connectivity index (χ3n) is 4.08. The summed E-state index contributed by atoms with van der Waals surface area (Å²) in [5.41, 5.74) is 5.91. The highest BCUT2D eigenvalue weighted by Gasteiger charge is 2.30. The smallest absolute Gasteiger partial charge is 0.243 e. The van der Waals surface area contributed by atoms with Crippen molar-refractivity contribution < 1.29 is 13.2 Å². The topological polar surface area (TPSA) is 72.6 Å². The molecule has 1 aromatic carbocycles. The number of piperidine rings is 1. The fourth-order valence-electron chi connectivity index (χ4n) is 2.71. The Morgan fingerprint density at radius 1 is 1.39 bits per heavy atom. The van der Waals surface area contributed by atoms with E-state index in [0.717, 1.165) is 12.8 Å². The normalized spacial score (nSPS) is 18.3. The molecule has 1 aromatic rings. The Labute approximate surface area is 153 Å². The molecule has 1 fully saturated rings. The largest absolute Gasteiger partial charge is 0.493 e. The molecule has 0 saturated carbocycles. The number of nitrogens with two attached hydrogens (primary N) is 1. The first-order chi connectivity index (χ1) is 10.4. The van der Waals surface area contributed by atoms with Crippen molar-refractivity contribution in [1.82, 2.24) is 4.31 Å². The highest BCUT2D eigenvalue weighted by atomic mass is 79.9. The first-order valence-corrected chi connectivity index (χ1v) is 9.77. The van der Waals surface area contributed by atoms with Crippen LogP contribution in [0.2, 0.25) is 0 Å². The average Bonchev–Trinajstić information content (AvgIpc) is 2.49. The van der Waals surface area contributed by atoms with Crippen molar-refractivity contribution >= 4 is 38.4 Å². The lowest BCUT2D eigenvalue weighted by Gasteiger charge is -2.33. The molecule has 0 aliphatic carbocycles. The quantitative estimate of drug-likeness (QED) is 0.784. The van der Waals surface area contributed by atoms with Gasteiger partial charge in [-0.05, 0) is 66.7 Å². The van der Waals surface area contributed by atoms with Crippen LogP contribution in [0.4, 0.5) is 0 Å². The minimum Gasteiger partial charge on any atom is -0.493 e. The molecule has 0 amide bonds. The molecule has 132 valence electrons. The van der Waals surface area contributed by atoms with E-state index < -0.39 is 10.0 Å². The van der Waals surface area contributed by atoms with Crippen LogP contribution >= 0.6 is 28.3 Å². The number of rotatable bonds is 5. The molecule has 1 aliphatic rings. The predicted octanol–water partition coefficient (Wildman–Crippen LogP) is 3.02. The minimum absolute atomic E-state index is 0. The number of benzene rings is 1. The molecule has 1 heterocycles. The van der Waals surface area contributed by atoms with E-state index in [4.69, 9.17) is 10.5 Å². The average molecular weight is 428 g/mol. The van der Waals surface area contributed by atoms with E-state index in [1.807, 2.05) is 13.8 Å². The first kappa shape index (κ1) is 20.7. The molecule has 2 N–H and O–H groups in total. The van der Waals surface area contributed by atoms with Crippen LogP contribution in [0, 0.1) is 5.92 Å². The van der Waals surface area contributed by atoms with Gasteiger partial charge in [0.2, 0.25) is 10.0 Å². The maximum Gasteiger partial charge on any atom is 0.243 e. The molecular formula is C15H24BrClN2O3S. The van der Waals surface area contributed by atoms with Gasteiger partial charge in [0.05, 0.1) is 16.0 Å². The zero-order chi connectivity index (χ0) is 16.3. The van der Waals surface area contributed by atoms with E-state index in [-0.39, 0.29) is 18.4 Å². The lowest BCUT2D eigenvalue weighted by molar-refractivity contribution is 0.250. The van der Waals surface area contributed by atoms with Crippen LogP contribution in [-0.2, 0) is 10.0 Å². The summed E-state index contributed by atoms with van der Waals surface area (Å²) in [4.78, 5) is 0.294. The molecule has 23 heavy (non-hydrogen) atoms. The summed E-state index contributed by atoms with van der Waals surface area (Å²) in [5.74, 6) is 1.05. The Morgan fingerprint density at radius 2 is 2.00 bits per heavy atom. The maximum atomic E-state index is 12.7. The highest BCUT2D eigenvalue weighted by molar-refractivity contribution is 9.10. The number of hydrogen-bond donors (Lipinski definition) is 1. The van der Waals surface area contributed by atoms with Crippen molar-refractivity contribution in [2.75, 3.05) is 19.7 Å². The first-order valence-electron chi connectivity index (χ1n) is 7.54. The van der Waals surface area contributed by atoms with E-state index in [1.165, 1.54) is 0 Å². The van der Waals surface area contributed by atoms with E-state index in [0.29, 0.717) is 40.7 Å². The third kappa shape index (κ3) is 4.82. The summed E-state index contributed by atoms with van der Waals surface area (Å²) in [6.45, 7) is 5.46. The Hall–Kier alpha value is -0.340. The second-order valence-electron chi connectivity index (χ2n) is 5.63. The van der Waals surface area contributed by atoms with Gasteiger partial charge in [-0.1, -0.05) is 0 Å². The summed E-state index contributed by atoms with van der Waals surface area (Å²) < 4.78 is 33.1. The zero-order valence-electron chi connectivity index (χ0n) is 13.4. The van der Waals surface area contributed by atoms with Crippen molar-refractivity contribution in [2.24, 2.45) is 11.7 Å². The lowest BCUT2D eigenvalue weighted by atomic mass is 9.92. The standard InChI is InChI=1S/C15H23BrN2O3S.ClH/c1-3-21-15-5-4-13(10-14(15)16)22(19,20)18-8-6-12(7-9-18)11(2)17;/h4-5,10-12H,3,6-9,17H2,1-2H3;1H. The summed E-state index contributed by atoms with van der Waals surface area (Å²) in [7, 11) is -3.46. The Morgan fingerprint density at radius 3 is 2.48 bits per heavy atom. The molecule has 8 heteroatoms. The Kier molecular flexibility index (Phi) is 7.80. The van der Waals surface area contributed by atoms with Crippen molar-refractivity contribution in [2.45, 2.75) is 37.6 Å². The highest BCUT2D eigenvalue weighted by Crippen LogP contribution is 2.31. The van der Waals surface area contributed by atoms with Gasteiger partial charge in [-0.2, -0.15) is 4.31 Å². The van der Waals surface area contributed by atoms with E-state index in [9.17, 15) is 8.42 Å². The molecule has 0 spiro atoms. The Bertz CT molecular complexity index is 617. The molecule has 1 unspecified atom stereocenters. The Balaban J connectivity index is 0.00000264. The summed E-state index contributed by atoms with van der Waals surface area (Å²) in [6.07, 6.45) is 1.63. The number of halogens is 2. The van der Waals surface area contributed by atoms with Gasteiger partial charge in [-0.15, -0.1) is 12.4 Å². The van der Waals surface area contributed by atoms with Crippen LogP contribution in [0.25, 0.3) is 0 Å². The van der Waals surface area contributed by atoms with Crippen LogP contribution in [-0.4, -0.2) is 38.5 Å². The van der Waals surface area contributed by atoms with Gasteiger partial charge < -0.3 is 10.5 Å². The number of hydrogen-bond acceptors (Lipinski definition) is 4. The zero-order valence-corrected chi connectivity index (χ0v) is 16.6. The van der Waals surface area contributed by atoms with Gasteiger partial charge in [0.1, 0.15) is 5.75 Å². The van der Waals surface area contributed by atoms with Crippen LogP contribution in [0.5, 0.6) is 5.75 Å². The van der Waals surface area contributed by atoms with E-state index >= 15 is 0 Å². The molecule has 1 atom stereocenters. The van der Waals surface area contributed by atoms with Gasteiger partial charge in [-0.25, -0.2) is 8.42 Å². The van der Waals surface area contributed by atoms with Crippen molar-refractivity contribution in [3.63, 3.8) is 0 Å². The van der Waals surface area contributed by atoms with Crippen molar-refractivity contribution in [1.29, 1.82) is 0 Å². The second kappa shape index (κ2) is 8.67. The SMILES string of the molecule is CCOc1ccc(S(=O)(=O)N2CCC(C(C)N)CC2)cc1Br.Cl. The van der Waals surface area contributed by atoms with Gasteiger partial charge in [0.15, 0.2) is 0 Å². The summed E-state index contributed by atoms with van der Waals surface area (Å²) >= 11 is 3.37. The summed E-state index contributed by atoms with van der Waals surface area (Å²) in [6, 6.07) is 5.01. The summed E-state index contributed by atoms with van der Waals surface area (Å²) in [5, 5.41) is 0. The molecule has 0 aromatic heterocycles. The molecule has 1 aliphatic heterocycles. The molecule has 0 bridgehead atoms. The second-order valence-corrected chi connectivity index (χ2v) is 8.42. The lowest BCUT2D eigenvalue weighted by Crippen LogP contribution is -2.42. The van der Waals surface area contributed by atoms with Gasteiger partial charge in [0, 0.05) is 19.1 Å². The van der Waals surface area contributed by atoms with Crippen LogP contribution < -0.4 is 10.5 Å². The maximum absolute atomic E-state index is 12.7. The van der Waals surface area contributed by atoms with Crippen molar-refractivity contribution in [3.8, 4) is 5.75 Å². The van der Waals surface area contributed by atoms with Crippen molar-refractivity contribution in [3.05, 3.63) is 22.7 Å². The molecular weight excluding hydrogens is 404 g/mol. The van der Waals surface area contributed by atoms with E-state index in [1.54, 1.807) is 22.5 Å². The van der Waals surface area contributed by atoms with Gasteiger partial charge in [0.25, 0.3) is 0 Å². The van der Waals surface area contributed by atoms with E-state index in [2.05, 4.69) is 15.9 Å². The molecule has 1 saturated heterocycles. The van der Waals surface area contributed by atoms with Crippen LogP contribution in [0.3, 0.4) is 0 Å². The fraction of sp³-hybridized carbons (Fsp3) is 0.600. The molecule has 0 radical (unpaired) electrons. The number of sulfonamides is 1. The molecule has 5 nitrogen and oxygen atoms in total. The van der Waals surface area contributed by atoms with Gasteiger partial charge >= 0.3 is 0 Å². The predicted molar refractivity (Wildman–Crippen MR) is 97.7 cm³/mol.